The van der Waals surface area contributed by atoms with Crippen molar-refractivity contribution in [3.05, 3.63) is 52.0 Å². The molecule has 1 heterocycles. The zero-order chi connectivity index (χ0) is 16.4. The van der Waals surface area contributed by atoms with E-state index in [0.29, 0.717) is 18.8 Å². The van der Waals surface area contributed by atoms with Gasteiger partial charge in [-0.25, -0.2) is 0 Å². The van der Waals surface area contributed by atoms with Crippen LogP contribution in [0.15, 0.2) is 40.9 Å². The number of nitrogens with one attached hydrogen (secondary N) is 1. The number of carbonyl (C=O) groups is 1. The normalized spacial score (nSPS) is 16.0. The molecule has 2 aromatic carbocycles. The Balaban J connectivity index is 1.88. The lowest BCUT2D eigenvalue weighted by molar-refractivity contribution is -0.117. The van der Waals surface area contributed by atoms with Gasteiger partial charge in [-0.2, -0.15) is 0 Å². The van der Waals surface area contributed by atoms with Crippen LogP contribution in [0.2, 0.25) is 0 Å². The summed E-state index contributed by atoms with van der Waals surface area (Å²) in [6, 6.07) is 11.7. The molecule has 1 atom stereocenters. The molecule has 2 aromatic rings. The van der Waals surface area contributed by atoms with Crippen molar-refractivity contribution in [2.45, 2.75) is 19.3 Å². The summed E-state index contributed by atoms with van der Waals surface area (Å²) in [5.41, 5.74) is 2.96. The molecule has 23 heavy (non-hydrogen) atoms. The van der Waals surface area contributed by atoms with Gasteiger partial charge in [0.25, 0.3) is 0 Å². The number of ether oxygens (including phenoxy) is 2. The van der Waals surface area contributed by atoms with E-state index in [1.165, 1.54) is 0 Å². The standard InChI is InChI=1S/C18H18BrNO3/c1-3-23-16-7-4-11(9-17(16)22-2)8-14-13-10-12(19)5-6-15(13)20-18(14)21/h4-7,9-10,14H,3,8H2,1-2H3,(H,20,21). The van der Waals surface area contributed by atoms with Crippen LogP contribution >= 0.6 is 15.9 Å². The van der Waals surface area contributed by atoms with Gasteiger partial charge in [0.1, 0.15) is 0 Å². The Labute approximate surface area is 143 Å². The molecular weight excluding hydrogens is 358 g/mol. The van der Waals surface area contributed by atoms with Crippen molar-refractivity contribution >= 4 is 27.5 Å². The molecule has 0 saturated carbocycles. The number of halogens is 1. The van der Waals surface area contributed by atoms with Gasteiger partial charge in [0, 0.05) is 10.2 Å². The molecule has 0 spiro atoms. The van der Waals surface area contributed by atoms with Gasteiger partial charge in [-0.05, 0) is 54.8 Å². The lowest BCUT2D eigenvalue weighted by Crippen LogP contribution is -2.14. The number of methoxy groups -OCH3 is 1. The second-order valence-corrected chi connectivity index (χ2v) is 6.31. The highest BCUT2D eigenvalue weighted by Gasteiger charge is 2.30. The van der Waals surface area contributed by atoms with Crippen LogP contribution in [0.1, 0.15) is 24.0 Å². The quantitative estimate of drug-likeness (QED) is 0.854. The maximum Gasteiger partial charge on any atom is 0.232 e. The van der Waals surface area contributed by atoms with E-state index in [-0.39, 0.29) is 11.8 Å². The number of benzene rings is 2. The van der Waals surface area contributed by atoms with E-state index in [4.69, 9.17) is 9.47 Å². The first-order valence-electron chi connectivity index (χ1n) is 7.52. The van der Waals surface area contributed by atoms with Gasteiger partial charge in [0.2, 0.25) is 5.91 Å². The number of anilines is 1. The topological polar surface area (TPSA) is 47.6 Å². The highest BCUT2D eigenvalue weighted by molar-refractivity contribution is 9.10. The third-order valence-electron chi connectivity index (χ3n) is 3.93. The fourth-order valence-corrected chi connectivity index (χ4v) is 3.23. The van der Waals surface area contributed by atoms with Crippen molar-refractivity contribution in [1.82, 2.24) is 0 Å². The van der Waals surface area contributed by atoms with E-state index in [2.05, 4.69) is 21.2 Å². The van der Waals surface area contributed by atoms with Crippen molar-refractivity contribution in [3.63, 3.8) is 0 Å². The van der Waals surface area contributed by atoms with Crippen molar-refractivity contribution in [2.24, 2.45) is 0 Å². The van der Waals surface area contributed by atoms with Crippen LogP contribution < -0.4 is 14.8 Å². The molecule has 120 valence electrons. The minimum Gasteiger partial charge on any atom is -0.493 e. The third-order valence-corrected chi connectivity index (χ3v) is 4.42. The van der Waals surface area contributed by atoms with E-state index in [1.807, 2.05) is 43.3 Å². The largest absolute Gasteiger partial charge is 0.493 e. The van der Waals surface area contributed by atoms with Gasteiger partial charge in [0.05, 0.1) is 19.6 Å². The molecule has 1 unspecified atom stereocenters. The van der Waals surface area contributed by atoms with Gasteiger partial charge < -0.3 is 14.8 Å². The van der Waals surface area contributed by atoms with E-state index >= 15 is 0 Å². The van der Waals surface area contributed by atoms with Gasteiger partial charge in [0.15, 0.2) is 11.5 Å². The molecule has 1 N–H and O–H groups in total. The predicted molar refractivity (Wildman–Crippen MR) is 93.4 cm³/mol. The minimum absolute atomic E-state index is 0.0333. The first-order chi connectivity index (χ1) is 11.1. The summed E-state index contributed by atoms with van der Waals surface area (Å²) in [5, 5.41) is 2.94. The summed E-state index contributed by atoms with van der Waals surface area (Å²) in [5.74, 6) is 1.26. The van der Waals surface area contributed by atoms with Gasteiger partial charge >= 0.3 is 0 Å². The third kappa shape index (κ3) is 3.20. The molecule has 3 rings (SSSR count). The number of hydrogen-bond donors (Lipinski definition) is 1. The summed E-state index contributed by atoms with van der Waals surface area (Å²) in [6.07, 6.45) is 0.623. The summed E-state index contributed by atoms with van der Waals surface area (Å²) >= 11 is 3.47. The van der Waals surface area contributed by atoms with Crippen LogP contribution in [0.25, 0.3) is 0 Å². The van der Waals surface area contributed by atoms with Crippen LogP contribution in [0.5, 0.6) is 11.5 Å². The fraction of sp³-hybridized carbons (Fsp3) is 0.278. The van der Waals surface area contributed by atoms with E-state index in [9.17, 15) is 4.79 Å². The van der Waals surface area contributed by atoms with Crippen LogP contribution in [-0.4, -0.2) is 19.6 Å². The molecule has 5 heteroatoms. The number of hydrogen-bond acceptors (Lipinski definition) is 3. The van der Waals surface area contributed by atoms with Crippen LogP contribution in [0, 0.1) is 0 Å². The lowest BCUT2D eigenvalue weighted by atomic mass is 9.93. The summed E-state index contributed by atoms with van der Waals surface area (Å²) in [6.45, 7) is 2.52. The molecule has 0 aliphatic carbocycles. The average Bonchev–Trinajstić information content (AvgIpc) is 2.84. The molecule has 4 nitrogen and oxygen atoms in total. The monoisotopic (exact) mass is 375 g/mol. The molecule has 0 aromatic heterocycles. The minimum atomic E-state index is -0.190. The SMILES string of the molecule is CCOc1ccc(CC2C(=O)Nc3ccc(Br)cc32)cc1OC. The smallest absolute Gasteiger partial charge is 0.232 e. The molecule has 0 fully saturated rings. The van der Waals surface area contributed by atoms with Crippen LogP contribution in [0.3, 0.4) is 0 Å². The average molecular weight is 376 g/mol. The first kappa shape index (κ1) is 15.9. The Kier molecular flexibility index (Phi) is 4.57. The second-order valence-electron chi connectivity index (χ2n) is 5.40. The zero-order valence-corrected chi connectivity index (χ0v) is 14.6. The number of fused-ring (bicyclic) bond motifs is 1. The van der Waals surface area contributed by atoms with E-state index in [0.717, 1.165) is 27.0 Å². The van der Waals surface area contributed by atoms with Crippen LogP contribution in [0.4, 0.5) is 5.69 Å². The molecule has 0 saturated heterocycles. The Morgan fingerprint density at radius 2 is 2.00 bits per heavy atom. The van der Waals surface area contributed by atoms with Gasteiger partial charge in [-0.1, -0.05) is 22.0 Å². The van der Waals surface area contributed by atoms with Gasteiger partial charge in [-0.15, -0.1) is 0 Å². The van der Waals surface area contributed by atoms with Crippen LogP contribution in [-0.2, 0) is 11.2 Å². The zero-order valence-electron chi connectivity index (χ0n) is 13.1. The van der Waals surface area contributed by atoms with Crippen molar-refractivity contribution in [3.8, 4) is 11.5 Å². The van der Waals surface area contributed by atoms with Crippen molar-refractivity contribution in [2.75, 3.05) is 19.0 Å². The molecule has 1 aliphatic heterocycles. The number of carbonyl (C=O) groups excluding carboxylic acids is 1. The van der Waals surface area contributed by atoms with Gasteiger partial charge in [-0.3, -0.25) is 4.79 Å². The maximum absolute atomic E-state index is 12.3. The Morgan fingerprint density at radius 1 is 1.17 bits per heavy atom. The number of amides is 1. The predicted octanol–water partition coefficient (Wildman–Crippen LogP) is 4.13. The molecule has 1 amide bonds. The fourth-order valence-electron chi connectivity index (χ4n) is 2.85. The first-order valence-corrected chi connectivity index (χ1v) is 8.31. The Hall–Kier alpha value is -2.01. The maximum atomic E-state index is 12.3. The lowest BCUT2D eigenvalue weighted by Gasteiger charge is -2.13. The molecule has 0 radical (unpaired) electrons. The molecular formula is C18H18BrNO3. The van der Waals surface area contributed by atoms with E-state index < -0.39 is 0 Å². The molecule has 0 bridgehead atoms. The summed E-state index contributed by atoms with van der Waals surface area (Å²) in [7, 11) is 1.62. The summed E-state index contributed by atoms with van der Waals surface area (Å²) in [4.78, 5) is 12.3. The highest BCUT2D eigenvalue weighted by Crippen LogP contribution is 2.37. The van der Waals surface area contributed by atoms with E-state index in [1.54, 1.807) is 7.11 Å². The Bertz CT molecular complexity index is 745. The Morgan fingerprint density at radius 3 is 2.74 bits per heavy atom. The molecule has 1 aliphatic rings. The second kappa shape index (κ2) is 6.62. The number of rotatable bonds is 5. The summed E-state index contributed by atoms with van der Waals surface area (Å²) < 4.78 is 11.9. The highest BCUT2D eigenvalue weighted by atomic mass is 79.9. The van der Waals surface area contributed by atoms with Crippen molar-refractivity contribution in [1.29, 1.82) is 0 Å². The van der Waals surface area contributed by atoms with Crippen molar-refractivity contribution < 1.29 is 14.3 Å².